The molecule has 1 aromatic rings. The lowest BCUT2D eigenvalue weighted by molar-refractivity contribution is 0.560. The van der Waals surface area contributed by atoms with Crippen LogP contribution in [0.25, 0.3) is 0 Å². The van der Waals surface area contributed by atoms with E-state index < -0.39 is 10.0 Å². The summed E-state index contributed by atoms with van der Waals surface area (Å²) in [7, 11) is -3.23. The van der Waals surface area contributed by atoms with Gasteiger partial charge in [0.1, 0.15) is 0 Å². The third kappa shape index (κ3) is 6.45. The molecule has 0 saturated carbocycles. The van der Waals surface area contributed by atoms with Gasteiger partial charge in [0, 0.05) is 12.2 Å². The Morgan fingerprint density at radius 3 is 2.75 bits per heavy atom. The fraction of sp³-hybridized carbons (Fsp3) is 0.643. The van der Waals surface area contributed by atoms with Gasteiger partial charge in [-0.2, -0.15) is 0 Å². The first kappa shape index (κ1) is 17.1. The standard InChI is InChI=1S/C14H25N3O2S/c1-4-13-7-5-8-16-14(13)11-17-20(18,19)10-6-9-15-12(2)3/h5,7-8,12,15,17H,4,6,9-11H2,1-3H3. The molecule has 5 nitrogen and oxygen atoms in total. The topological polar surface area (TPSA) is 71.1 Å². The molecule has 114 valence electrons. The van der Waals surface area contributed by atoms with Gasteiger partial charge in [-0.25, -0.2) is 13.1 Å². The number of rotatable bonds is 9. The van der Waals surface area contributed by atoms with Gasteiger partial charge < -0.3 is 5.32 Å². The first-order chi connectivity index (χ1) is 9.44. The zero-order valence-corrected chi connectivity index (χ0v) is 13.3. The van der Waals surface area contributed by atoms with E-state index in [0.717, 1.165) is 17.7 Å². The summed E-state index contributed by atoms with van der Waals surface area (Å²) < 4.78 is 26.4. The summed E-state index contributed by atoms with van der Waals surface area (Å²) in [6.45, 7) is 7.10. The van der Waals surface area contributed by atoms with Crippen molar-refractivity contribution in [2.75, 3.05) is 12.3 Å². The average Bonchev–Trinajstić information content (AvgIpc) is 2.41. The molecule has 0 spiro atoms. The van der Waals surface area contributed by atoms with Gasteiger partial charge in [0.25, 0.3) is 0 Å². The van der Waals surface area contributed by atoms with Gasteiger partial charge in [0.15, 0.2) is 0 Å². The van der Waals surface area contributed by atoms with Gasteiger partial charge in [-0.15, -0.1) is 0 Å². The summed E-state index contributed by atoms with van der Waals surface area (Å²) in [5.41, 5.74) is 1.88. The monoisotopic (exact) mass is 299 g/mol. The number of pyridine rings is 1. The van der Waals surface area contributed by atoms with Crippen LogP contribution in [0.3, 0.4) is 0 Å². The van der Waals surface area contributed by atoms with E-state index in [-0.39, 0.29) is 12.3 Å². The molecule has 0 fully saturated rings. The van der Waals surface area contributed by atoms with Crippen LogP contribution in [0.1, 0.15) is 38.4 Å². The minimum absolute atomic E-state index is 0.140. The molecule has 1 rings (SSSR count). The summed E-state index contributed by atoms with van der Waals surface area (Å²) in [5.74, 6) is 0.140. The van der Waals surface area contributed by atoms with E-state index in [9.17, 15) is 8.42 Å². The maximum Gasteiger partial charge on any atom is 0.211 e. The molecule has 0 amide bonds. The second kappa shape index (κ2) is 8.34. The van der Waals surface area contributed by atoms with E-state index in [2.05, 4.69) is 15.0 Å². The number of hydrogen-bond acceptors (Lipinski definition) is 4. The van der Waals surface area contributed by atoms with E-state index in [1.807, 2.05) is 32.9 Å². The zero-order valence-electron chi connectivity index (χ0n) is 12.5. The SMILES string of the molecule is CCc1cccnc1CNS(=O)(=O)CCCNC(C)C. The number of hydrogen-bond donors (Lipinski definition) is 2. The molecule has 1 heterocycles. The van der Waals surface area contributed by atoms with Crippen molar-refractivity contribution in [3.8, 4) is 0 Å². The van der Waals surface area contributed by atoms with Crippen molar-refractivity contribution in [1.82, 2.24) is 15.0 Å². The van der Waals surface area contributed by atoms with Crippen molar-refractivity contribution in [1.29, 1.82) is 0 Å². The van der Waals surface area contributed by atoms with E-state index in [1.54, 1.807) is 6.20 Å². The van der Waals surface area contributed by atoms with Crippen LogP contribution in [0.5, 0.6) is 0 Å². The minimum Gasteiger partial charge on any atom is -0.314 e. The highest BCUT2D eigenvalue weighted by Gasteiger charge is 2.11. The molecular weight excluding hydrogens is 274 g/mol. The minimum atomic E-state index is -3.23. The predicted octanol–water partition coefficient (Wildman–Crippen LogP) is 1.45. The quantitative estimate of drug-likeness (QED) is 0.677. The van der Waals surface area contributed by atoms with Crippen LogP contribution in [0.15, 0.2) is 18.3 Å². The Hall–Kier alpha value is -0.980. The fourth-order valence-electron chi connectivity index (χ4n) is 1.86. The van der Waals surface area contributed by atoms with Crippen LogP contribution in [-0.4, -0.2) is 31.7 Å². The Labute approximate surface area is 122 Å². The van der Waals surface area contributed by atoms with Crippen molar-refractivity contribution in [2.45, 2.75) is 46.2 Å². The number of nitrogens with zero attached hydrogens (tertiary/aromatic N) is 1. The molecule has 1 aromatic heterocycles. The lowest BCUT2D eigenvalue weighted by Crippen LogP contribution is -2.30. The molecule has 0 aliphatic heterocycles. The van der Waals surface area contributed by atoms with Crippen LogP contribution < -0.4 is 10.0 Å². The molecule has 0 aliphatic carbocycles. The van der Waals surface area contributed by atoms with Gasteiger partial charge in [0.2, 0.25) is 10.0 Å². The Morgan fingerprint density at radius 1 is 1.35 bits per heavy atom. The van der Waals surface area contributed by atoms with E-state index >= 15 is 0 Å². The first-order valence-electron chi connectivity index (χ1n) is 7.08. The number of nitrogens with one attached hydrogen (secondary N) is 2. The number of aromatic nitrogens is 1. The summed E-state index contributed by atoms with van der Waals surface area (Å²) >= 11 is 0. The van der Waals surface area contributed by atoms with Gasteiger partial charge in [0.05, 0.1) is 18.0 Å². The molecule has 0 bridgehead atoms. The summed E-state index contributed by atoms with van der Waals surface area (Å²) in [6, 6.07) is 4.23. The van der Waals surface area contributed by atoms with Crippen LogP contribution in [0.2, 0.25) is 0 Å². The van der Waals surface area contributed by atoms with E-state index in [1.165, 1.54) is 0 Å². The predicted molar refractivity (Wildman–Crippen MR) is 82.0 cm³/mol. The normalized spacial score (nSPS) is 12.0. The lowest BCUT2D eigenvalue weighted by Gasteiger charge is -2.10. The number of sulfonamides is 1. The molecule has 2 N–H and O–H groups in total. The zero-order chi connectivity index (χ0) is 15.0. The van der Waals surface area contributed by atoms with Crippen molar-refractivity contribution < 1.29 is 8.42 Å². The molecule has 6 heteroatoms. The van der Waals surface area contributed by atoms with Gasteiger partial charge in [-0.05, 0) is 31.0 Å². The Kier molecular flexibility index (Phi) is 7.12. The van der Waals surface area contributed by atoms with Gasteiger partial charge in [-0.1, -0.05) is 26.8 Å². The summed E-state index contributed by atoms with van der Waals surface area (Å²) in [4.78, 5) is 4.23. The summed E-state index contributed by atoms with van der Waals surface area (Å²) in [6.07, 6.45) is 3.15. The Bertz CT molecular complexity index is 501. The van der Waals surface area contributed by atoms with E-state index in [4.69, 9.17) is 0 Å². The lowest BCUT2D eigenvalue weighted by atomic mass is 10.1. The van der Waals surface area contributed by atoms with Crippen molar-refractivity contribution >= 4 is 10.0 Å². The molecule has 0 atom stereocenters. The highest BCUT2D eigenvalue weighted by Crippen LogP contribution is 2.06. The molecule has 0 radical (unpaired) electrons. The maximum atomic E-state index is 11.9. The highest BCUT2D eigenvalue weighted by molar-refractivity contribution is 7.89. The van der Waals surface area contributed by atoms with Crippen LogP contribution in [0.4, 0.5) is 0 Å². The Balaban J connectivity index is 2.43. The second-order valence-electron chi connectivity index (χ2n) is 5.07. The molecule has 0 aromatic carbocycles. The maximum absolute atomic E-state index is 11.9. The molecule has 0 saturated heterocycles. The number of aryl methyl sites for hydroxylation is 1. The van der Waals surface area contributed by atoms with Gasteiger partial charge >= 0.3 is 0 Å². The van der Waals surface area contributed by atoms with Crippen molar-refractivity contribution in [2.24, 2.45) is 0 Å². The van der Waals surface area contributed by atoms with Gasteiger partial charge in [-0.3, -0.25) is 4.98 Å². The molecule has 0 unspecified atom stereocenters. The average molecular weight is 299 g/mol. The van der Waals surface area contributed by atoms with E-state index in [0.29, 0.717) is 19.0 Å². The summed E-state index contributed by atoms with van der Waals surface area (Å²) in [5, 5.41) is 3.21. The largest absolute Gasteiger partial charge is 0.314 e. The first-order valence-corrected chi connectivity index (χ1v) is 8.73. The molecule has 0 aliphatic rings. The molecule has 20 heavy (non-hydrogen) atoms. The smallest absolute Gasteiger partial charge is 0.211 e. The third-order valence-electron chi connectivity index (χ3n) is 2.97. The second-order valence-corrected chi connectivity index (χ2v) is 6.99. The molecular formula is C14H25N3O2S. The highest BCUT2D eigenvalue weighted by atomic mass is 32.2. The van der Waals surface area contributed by atoms with Crippen LogP contribution >= 0.6 is 0 Å². The van der Waals surface area contributed by atoms with Crippen molar-refractivity contribution in [3.63, 3.8) is 0 Å². The fourth-order valence-corrected chi connectivity index (χ4v) is 2.88. The van der Waals surface area contributed by atoms with Crippen molar-refractivity contribution in [3.05, 3.63) is 29.6 Å². The third-order valence-corrected chi connectivity index (χ3v) is 4.38. The van der Waals surface area contributed by atoms with Crippen LogP contribution in [-0.2, 0) is 23.0 Å². The van der Waals surface area contributed by atoms with Crippen LogP contribution in [0, 0.1) is 0 Å². The Morgan fingerprint density at radius 2 is 2.10 bits per heavy atom.